The minimum Gasteiger partial charge on any atom is -0.322 e. The molecule has 1 heterocycles. The summed E-state index contributed by atoms with van der Waals surface area (Å²) in [4.78, 5) is 16.2. The third-order valence-corrected chi connectivity index (χ3v) is 4.79. The number of urea groups is 1. The highest BCUT2D eigenvalue weighted by molar-refractivity contribution is 5.90. The van der Waals surface area contributed by atoms with Crippen molar-refractivity contribution < 1.29 is 18.0 Å². The van der Waals surface area contributed by atoms with Crippen molar-refractivity contribution in [3.8, 4) is 0 Å². The van der Waals surface area contributed by atoms with Crippen LogP contribution < -0.4 is 5.32 Å². The molecule has 1 saturated heterocycles. The number of benzene rings is 2. The zero-order valence-electron chi connectivity index (χ0n) is 15.1. The van der Waals surface area contributed by atoms with E-state index in [2.05, 4.69) is 29.3 Å². The van der Waals surface area contributed by atoms with Gasteiger partial charge < -0.3 is 10.2 Å². The highest BCUT2D eigenvalue weighted by Gasteiger charge is 2.34. The predicted octanol–water partition coefficient (Wildman–Crippen LogP) is 4.36. The van der Waals surface area contributed by atoms with Gasteiger partial charge in [-0.1, -0.05) is 36.4 Å². The molecule has 0 unspecified atom stereocenters. The molecule has 0 bridgehead atoms. The molecule has 7 heteroatoms. The summed E-state index contributed by atoms with van der Waals surface area (Å²) in [6, 6.07) is 12.7. The Hall–Kier alpha value is -2.54. The van der Waals surface area contributed by atoms with Crippen LogP contribution in [0.25, 0.3) is 0 Å². The van der Waals surface area contributed by atoms with Gasteiger partial charge in [-0.25, -0.2) is 4.79 Å². The summed E-state index contributed by atoms with van der Waals surface area (Å²) < 4.78 is 39.2. The second-order valence-corrected chi connectivity index (χ2v) is 6.66. The maximum atomic E-state index is 13.1. The fourth-order valence-corrected chi connectivity index (χ4v) is 3.17. The number of nitrogens with zero attached hydrogens (tertiary/aromatic N) is 2. The molecule has 4 nitrogen and oxygen atoms in total. The van der Waals surface area contributed by atoms with Crippen molar-refractivity contribution in [1.82, 2.24) is 9.80 Å². The maximum Gasteiger partial charge on any atom is 0.418 e. The fraction of sp³-hybridized carbons (Fsp3) is 0.350. The van der Waals surface area contributed by atoms with Crippen LogP contribution in [0.5, 0.6) is 0 Å². The first-order valence-corrected chi connectivity index (χ1v) is 8.83. The van der Waals surface area contributed by atoms with E-state index in [0.717, 1.165) is 12.6 Å². The number of carbonyl (C=O) groups is 1. The Balaban J connectivity index is 1.57. The zero-order valence-corrected chi connectivity index (χ0v) is 15.1. The minimum absolute atomic E-state index is 0.211. The normalized spacial score (nSPS) is 15.6. The quantitative estimate of drug-likeness (QED) is 0.863. The number of piperazine rings is 1. The van der Waals surface area contributed by atoms with E-state index < -0.39 is 17.8 Å². The third-order valence-electron chi connectivity index (χ3n) is 4.79. The summed E-state index contributed by atoms with van der Waals surface area (Å²) >= 11 is 0. The van der Waals surface area contributed by atoms with Gasteiger partial charge in [0.15, 0.2) is 0 Å². The Morgan fingerprint density at radius 2 is 1.63 bits per heavy atom. The van der Waals surface area contributed by atoms with E-state index in [1.54, 1.807) is 4.90 Å². The van der Waals surface area contributed by atoms with Crippen LogP contribution in [0.3, 0.4) is 0 Å². The highest BCUT2D eigenvalue weighted by atomic mass is 19.4. The van der Waals surface area contributed by atoms with E-state index >= 15 is 0 Å². The average molecular weight is 377 g/mol. The summed E-state index contributed by atoms with van der Waals surface area (Å²) in [7, 11) is 0. The molecule has 2 amide bonds. The van der Waals surface area contributed by atoms with Crippen LogP contribution in [0.1, 0.15) is 16.7 Å². The lowest BCUT2D eigenvalue weighted by molar-refractivity contribution is -0.136. The van der Waals surface area contributed by atoms with Crippen LogP contribution in [0, 0.1) is 6.92 Å². The first-order chi connectivity index (χ1) is 12.8. The van der Waals surface area contributed by atoms with Gasteiger partial charge in [-0.2, -0.15) is 13.2 Å². The van der Waals surface area contributed by atoms with E-state index in [1.165, 1.54) is 29.3 Å². The molecule has 0 aromatic heterocycles. The van der Waals surface area contributed by atoms with Crippen molar-refractivity contribution in [2.24, 2.45) is 0 Å². The van der Waals surface area contributed by atoms with Crippen LogP contribution in [0.15, 0.2) is 48.5 Å². The van der Waals surface area contributed by atoms with Gasteiger partial charge in [-0.15, -0.1) is 0 Å². The molecule has 2 aromatic rings. The Kier molecular flexibility index (Phi) is 5.70. The van der Waals surface area contributed by atoms with Gasteiger partial charge in [0, 0.05) is 32.7 Å². The van der Waals surface area contributed by atoms with Gasteiger partial charge in [-0.05, 0) is 30.2 Å². The molecule has 1 aliphatic heterocycles. The van der Waals surface area contributed by atoms with E-state index in [9.17, 15) is 18.0 Å². The zero-order chi connectivity index (χ0) is 19.4. The first kappa shape index (κ1) is 19.2. The van der Waals surface area contributed by atoms with Crippen LogP contribution in [0.2, 0.25) is 0 Å². The number of para-hydroxylation sites is 1. The SMILES string of the molecule is Cc1ccccc1CN1CCN(C(=O)Nc2ccccc2C(F)(F)F)CC1. The number of alkyl halides is 3. The molecular formula is C20H22F3N3O. The van der Waals surface area contributed by atoms with Crippen LogP contribution >= 0.6 is 0 Å². The summed E-state index contributed by atoms with van der Waals surface area (Å²) in [6.45, 7) is 5.19. The Morgan fingerprint density at radius 3 is 2.30 bits per heavy atom. The molecule has 27 heavy (non-hydrogen) atoms. The predicted molar refractivity (Wildman–Crippen MR) is 98.5 cm³/mol. The van der Waals surface area contributed by atoms with E-state index in [0.29, 0.717) is 26.2 Å². The van der Waals surface area contributed by atoms with Crippen LogP contribution in [-0.2, 0) is 12.7 Å². The number of rotatable bonds is 3. The summed E-state index contributed by atoms with van der Waals surface area (Å²) in [5.41, 5.74) is 1.42. The molecule has 1 fully saturated rings. The molecule has 3 rings (SSSR count). The fourth-order valence-electron chi connectivity index (χ4n) is 3.17. The summed E-state index contributed by atoms with van der Waals surface area (Å²) in [6.07, 6.45) is -4.50. The van der Waals surface area contributed by atoms with Crippen molar-refractivity contribution >= 4 is 11.7 Å². The topological polar surface area (TPSA) is 35.6 Å². The smallest absolute Gasteiger partial charge is 0.322 e. The number of halogens is 3. The van der Waals surface area contributed by atoms with Crippen molar-refractivity contribution in [3.63, 3.8) is 0 Å². The van der Waals surface area contributed by atoms with Gasteiger partial charge >= 0.3 is 12.2 Å². The van der Waals surface area contributed by atoms with Crippen molar-refractivity contribution in [2.45, 2.75) is 19.6 Å². The second kappa shape index (κ2) is 8.00. The monoisotopic (exact) mass is 377 g/mol. The Morgan fingerprint density at radius 1 is 1.00 bits per heavy atom. The molecule has 1 N–H and O–H groups in total. The van der Waals surface area contributed by atoms with Gasteiger partial charge in [0.05, 0.1) is 11.3 Å². The number of carbonyl (C=O) groups excluding carboxylic acids is 1. The average Bonchev–Trinajstić information content (AvgIpc) is 2.64. The number of amides is 2. The number of anilines is 1. The highest BCUT2D eigenvalue weighted by Crippen LogP contribution is 2.34. The standard InChI is InChI=1S/C20H22F3N3O/c1-15-6-2-3-7-16(15)14-25-10-12-26(13-11-25)19(27)24-18-9-5-4-8-17(18)20(21,22)23/h2-9H,10-14H2,1H3,(H,24,27). The second-order valence-electron chi connectivity index (χ2n) is 6.66. The molecule has 0 aliphatic carbocycles. The largest absolute Gasteiger partial charge is 0.418 e. The van der Waals surface area contributed by atoms with Gasteiger partial charge in [0.25, 0.3) is 0 Å². The summed E-state index contributed by atoms with van der Waals surface area (Å²) in [5.74, 6) is 0. The Bertz CT molecular complexity index is 799. The summed E-state index contributed by atoms with van der Waals surface area (Å²) in [5, 5.41) is 2.41. The molecule has 1 aliphatic rings. The van der Waals surface area contributed by atoms with Crippen LogP contribution in [0.4, 0.5) is 23.7 Å². The maximum absolute atomic E-state index is 13.1. The van der Waals surface area contributed by atoms with Gasteiger partial charge in [-0.3, -0.25) is 4.90 Å². The molecular weight excluding hydrogens is 355 g/mol. The van der Waals surface area contributed by atoms with Crippen molar-refractivity contribution in [2.75, 3.05) is 31.5 Å². The van der Waals surface area contributed by atoms with E-state index in [-0.39, 0.29) is 5.69 Å². The lowest BCUT2D eigenvalue weighted by atomic mass is 10.1. The van der Waals surface area contributed by atoms with E-state index in [4.69, 9.17) is 0 Å². The number of aryl methyl sites for hydroxylation is 1. The van der Waals surface area contributed by atoms with Crippen LogP contribution in [-0.4, -0.2) is 42.0 Å². The van der Waals surface area contributed by atoms with Crippen molar-refractivity contribution in [3.05, 3.63) is 65.2 Å². The number of nitrogens with one attached hydrogen (secondary N) is 1. The minimum atomic E-state index is -4.50. The number of hydrogen-bond acceptors (Lipinski definition) is 2. The van der Waals surface area contributed by atoms with Gasteiger partial charge in [0.2, 0.25) is 0 Å². The lowest BCUT2D eigenvalue weighted by Crippen LogP contribution is -2.49. The third kappa shape index (κ3) is 4.80. The number of hydrogen-bond donors (Lipinski definition) is 1. The molecule has 0 saturated carbocycles. The molecule has 0 atom stereocenters. The molecule has 2 aromatic carbocycles. The molecule has 0 spiro atoms. The molecule has 0 radical (unpaired) electrons. The first-order valence-electron chi connectivity index (χ1n) is 8.83. The Labute approximate surface area is 156 Å². The lowest BCUT2D eigenvalue weighted by Gasteiger charge is -2.35. The van der Waals surface area contributed by atoms with Gasteiger partial charge in [0.1, 0.15) is 0 Å². The molecule has 144 valence electrons. The van der Waals surface area contributed by atoms with E-state index in [1.807, 2.05) is 12.1 Å². The van der Waals surface area contributed by atoms with Crippen molar-refractivity contribution in [1.29, 1.82) is 0 Å².